The second-order valence-electron chi connectivity index (χ2n) is 4.51. The summed E-state index contributed by atoms with van der Waals surface area (Å²) in [6.45, 7) is 4.95. The van der Waals surface area contributed by atoms with E-state index in [9.17, 15) is 9.50 Å². The molecule has 1 N–H and O–H groups in total. The van der Waals surface area contributed by atoms with Gasteiger partial charge in [-0.05, 0) is 18.4 Å². The molecule has 0 spiro atoms. The van der Waals surface area contributed by atoms with E-state index in [2.05, 4.69) is 13.8 Å². The molecule has 0 unspecified atom stereocenters. The maximum Gasteiger partial charge on any atom is 0.146 e. The van der Waals surface area contributed by atoms with E-state index in [1.807, 2.05) is 11.9 Å². The first-order valence-electron chi connectivity index (χ1n) is 5.65. The first-order valence-corrected chi connectivity index (χ1v) is 5.65. The van der Waals surface area contributed by atoms with Gasteiger partial charge in [0, 0.05) is 19.2 Å². The predicted molar refractivity (Wildman–Crippen MR) is 65.0 cm³/mol. The van der Waals surface area contributed by atoms with Crippen LogP contribution >= 0.6 is 0 Å². The Morgan fingerprint density at radius 1 is 1.38 bits per heavy atom. The van der Waals surface area contributed by atoms with E-state index >= 15 is 0 Å². The Hall–Kier alpha value is -1.09. The maximum atomic E-state index is 13.7. The number of rotatable bonds is 5. The summed E-state index contributed by atoms with van der Waals surface area (Å²) < 4.78 is 13.7. The van der Waals surface area contributed by atoms with Crippen molar-refractivity contribution in [3.05, 3.63) is 29.6 Å². The van der Waals surface area contributed by atoms with Crippen LogP contribution in [0, 0.1) is 11.7 Å². The molecule has 1 aromatic rings. The van der Waals surface area contributed by atoms with E-state index in [1.165, 1.54) is 6.07 Å². The Balaban J connectivity index is 2.84. The van der Waals surface area contributed by atoms with Crippen molar-refractivity contribution in [2.24, 2.45) is 5.92 Å². The summed E-state index contributed by atoms with van der Waals surface area (Å²) in [5.41, 5.74) is 1.16. The van der Waals surface area contributed by atoms with Crippen LogP contribution in [0.5, 0.6) is 0 Å². The molecule has 0 bridgehead atoms. The minimum Gasteiger partial charge on any atom is -0.392 e. The number of para-hydroxylation sites is 1. The van der Waals surface area contributed by atoms with Crippen molar-refractivity contribution in [1.82, 2.24) is 0 Å². The summed E-state index contributed by atoms with van der Waals surface area (Å²) in [7, 11) is 1.86. The van der Waals surface area contributed by atoms with Crippen LogP contribution in [0.1, 0.15) is 25.8 Å². The van der Waals surface area contributed by atoms with Gasteiger partial charge in [-0.25, -0.2) is 4.39 Å². The number of anilines is 1. The van der Waals surface area contributed by atoms with E-state index in [-0.39, 0.29) is 12.4 Å². The highest BCUT2D eigenvalue weighted by Crippen LogP contribution is 2.24. The van der Waals surface area contributed by atoms with Crippen LogP contribution in [-0.2, 0) is 6.61 Å². The lowest BCUT2D eigenvalue weighted by Crippen LogP contribution is -2.22. The van der Waals surface area contributed by atoms with Gasteiger partial charge in [-0.2, -0.15) is 0 Å². The van der Waals surface area contributed by atoms with Crippen LogP contribution in [0.15, 0.2) is 18.2 Å². The van der Waals surface area contributed by atoms with Gasteiger partial charge in [-0.1, -0.05) is 26.0 Å². The van der Waals surface area contributed by atoms with Gasteiger partial charge in [-0.15, -0.1) is 0 Å². The summed E-state index contributed by atoms with van der Waals surface area (Å²) in [6, 6.07) is 4.81. The smallest absolute Gasteiger partial charge is 0.146 e. The summed E-state index contributed by atoms with van der Waals surface area (Å²) in [6.07, 6.45) is 1.01. The number of aliphatic hydroxyl groups is 1. The minimum absolute atomic E-state index is 0.126. The average Bonchev–Trinajstić information content (AvgIpc) is 2.25. The molecule has 16 heavy (non-hydrogen) atoms. The SMILES string of the molecule is CC(C)CCN(C)c1c(F)cccc1CO. The normalized spacial score (nSPS) is 10.9. The van der Waals surface area contributed by atoms with Crippen molar-refractivity contribution in [2.45, 2.75) is 26.9 Å². The highest BCUT2D eigenvalue weighted by molar-refractivity contribution is 5.54. The first-order chi connectivity index (χ1) is 7.56. The minimum atomic E-state index is -0.266. The van der Waals surface area contributed by atoms with E-state index in [4.69, 9.17) is 0 Å². The van der Waals surface area contributed by atoms with Crippen molar-refractivity contribution in [3.63, 3.8) is 0 Å². The van der Waals surface area contributed by atoms with Gasteiger partial charge in [0.15, 0.2) is 0 Å². The molecular formula is C13H20FNO. The van der Waals surface area contributed by atoms with Crippen LogP contribution in [0.2, 0.25) is 0 Å². The molecule has 0 saturated heterocycles. The number of benzene rings is 1. The second-order valence-corrected chi connectivity index (χ2v) is 4.51. The third-order valence-corrected chi connectivity index (χ3v) is 2.66. The molecule has 0 fully saturated rings. The van der Waals surface area contributed by atoms with E-state index in [1.54, 1.807) is 12.1 Å². The third kappa shape index (κ3) is 3.20. The highest BCUT2D eigenvalue weighted by atomic mass is 19.1. The topological polar surface area (TPSA) is 23.5 Å². The monoisotopic (exact) mass is 225 g/mol. The quantitative estimate of drug-likeness (QED) is 0.833. The van der Waals surface area contributed by atoms with Gasteiger partial charge in [0.2, 0.25) is 0 Å². The number of hydrogen-bond acceptors (Lipinski definition) is 2. The molecule has 0 aliphatic heterocycles. The summed E-state index contributed by atoms with van der Waals surface area (Å²) >= 11 is 0. The van der Waals surface area contributed by atoms with Gasteiger partial charge in [0.25, 0.3) is 0 Å². The largest absolute Gasteiger partial charge is 0.392 e. The molecule has 3 heteroatoms. The van der Waals surface area contributed by atoms with Crippen molar-refractivity contribution in [1.29, 1.82) is 0 Å². The molecule has 0 aromatic heterocycles. The van der Waals surface area contributed by atoms with Gasteiger partial charge in [0.05, 0.1) is 12.3 Å². The molecule has 2 nitrogen and oxygen atoms in total. The molecule has 0 heterocycles. The molecule has 0 radical (unpaired) electrons. The van der Waals surface area contributed by atoms with Gasteiger partial charge in [-0.3, -0.25) is 0 Å². The Labute approximate surface area is 96.7 Å². The molecule has 1 aromatic carbocycles. The van der Waals surface area contributed by atoms with Crippen molar-refractivity contribution >= 4 is 5.69 Å². The Bertz CT molecular complexity index is 339. The van der Waals surface area contributed by atoms with Crippen molar-refractivity contribution < 1.29 is 9.50 Å². The summed E-state index contributed by atoms with van der Waals surface area (Å²) in [4.78, 5) is 1.88. The summed E-state index contributed by atoms with van der Waals surface area (Å²) in [5.74, 6) is 0.324. The maximum absolute atomic E-state index is 13.7. The molecule has 90 valence electrons. The lowest BCUT2D eigenvalue weighted by atomic mass is 10.1. The second kappa shape index (κ2) is 5.85. The number of halogens is 1. The van der Waals surface area contributed by atoms with Crippen LogP contribution in [0.25, 0.3) is 0 Å². The first kappa shape index (κ1) is 13.0. The number of nitrogens with zero attached hydrogens (tertiary/aromatic N) is 1. The van der Waals surface area contributed by atoms with Gasteiger partial charge in [0.1, 0.15) is 5.82 Å². The zero-order valence-corrected chi connectivity index (χ0v) is 10.2. The Kier molecular flexibility index (Phi) is 4.74. The zero-order chi connectivity index (χ0) is 12.1. The molecule has 0 aliphatic rings. The zero-order valence-electron chi connectivity index (χ0n) is 10.2. The van der Waals surface area contributed by atoms with Crippen molar-refractivity contribution in [3.8, 4) is 0 Å². The molecule has 0 atom stereocenters. The van der Waals surface area contributed by atoms with Crippen molar-refractivity contribution in [2.75, 3.05) is 18.5 Å². The Morgan fingerprint density at radius 2 is 2.06 bits per heavy atom. The van der Waals surface area contributed by atoms with Crippen LogP contribution in [0.3, 0.4) is 0 Å². The lowest BCUT2D eigenvalue weighted by molar-refractivity contribution is 0.281. The molecule has 1 rings (SSSR count). The van der Waals surface area contributed by atoms with Gasteiger partial charge < -0.3 is 10.0 Å². The lowest BCUT2D eigenvalue weighted by Gasteiger charge is -2.23. The van der Waals surface area contributed by atoms with Crippen LogP contribution < -0.4 is 4.90 Å². The average molecular weight is 225 g/mol. The summed E-state index contributed by atoms with van der Waals surface area (Å²) in [5, 5.41) is 9.18. The predicted octanol–water partition coefficient (Wildman–Crippen LogP) is 2.80. The standard InChI is InChI=1S/C13H20FNO/c1-10(2)7-8-15(3)13-11(9-16)5-4-6-12(13)14/h4-6,10,16H,7-9H2,1-3H3. The molecular weight excluding hydrogens is 205 g/mol. The van der Waals surface area contributed by atoms with Crippen LogP contribution in [0.4, 0.5) is 10.1 Å². The Morgan fingerprint density at radius 3 is 2.62 bits per heavy atom. The van der Waals surface area contributed by atoms with E-state index < -0.39 is 0 Å². The van der Waals surface area contributed by atoms with E-state index in [0.29, 0.717) is 17.2 Å². The molecule has 0 aliphatic carbocycles. The fourth-order valence-electron chi connectivity index (χ4n) is 1.68. The molecule has 0 amide bonds. The van der Waals surface area contributed by atoms with E-state index in [0.717, 1.165) is 13.0 Å². The van der Waals surface area contributed by atoms with Gasteiger partial charge >= 0.3 is 0 Å². The molecule has 0 saturated carbocycles. The number of hydrogen-bond donors (Lipinski definition) is 1. The third-order valence-electron chi connectivity index (χ3n) is 2.66. The number of aliphatic hydroxyl groups excluding tert-OH is 1. The fourth-order valence-corrected chi connectivity index (χ4v) is 1.68. The van der Waals surface area contributed by atoms with Crippen LogP contribution in [-0.4, -0.2) is 18.7 Å². The highest BCUT2D eigenvalue weighted by Gasteiger charge is 2.12. The fraction of sp³-hybridized carbons (Fsp3) is 0.538.